The highest BCUT2D eigenvalue weighted by Crippen LogP contribution is 2.30. The molecule has 128 valence electrons. The number of amides is 3. The van der Waals surface area contributed by atoms with Crippen molar-refractivity contribution in [3.8, 4) is 0 Å². The first-order valence-corrected chi connectivity index (χ1v) is 8.95. The maximum atomic E-state index is 12.8. The minimum atomic E-state index is -0.450. The van der Waals surface area contributed by atoms with E-state index in [1.165, 1.54) is 0 Å². The van der Waals surface area contributed by atoms with E-state index in [1.54, 1.807) is 21.1 Å². The van der Waals surface area contributed by atoms with E-state index in [4.69, 9.17) is 5.73 Å². The minimum absolute atomic E-state index is 0.0488. The molecule has 1 saturated heterocycles. The molecule has 2 atom stereocenters. The third-order valence-corrected chi connectivity index (χ3v) is 5.89. The summed E-state index contributed by atoms with van der Waals surface area (Å²) in [5.74, 6) is -0.138. The van der Waals surface area contributed by atoms with Gasteiger partial charge in [-0.3, -0.25) is 4.79 Å². The van der Waals surface area contributed by atoms with Gasteiger partial charge in [-0.2, -0.15) is 0 Å². The van der Waals surface area contributed by atoms with Crippen molar-refractivity contribution in [2.45, 2.75) is 25.8 Å². The molecule has 24 heavy (non-hydrogen) atoms. The molecule has 2 aromatic rings. The van der Waals surface area contributed by atoms with Crippen LogP contribution in [-0.2, 0) is 4.79 Å². The number of nitrogens with two attached hydrogens (primary N) is 1. The van der Waals surface area contributed by atoms with Gasteiger partial charge in [-0.05, 0) is 31.9 Å². The topological polar surface area (TPSA) is 79.5 Å². The van der Waals surface area contributed by atoms with Crippen LogP contribution in [0.3, 0.4) is 0 Å². The minimum Gasteiger partial charge on any atom is -0.351 e. The van der Waals surface area contributed by atoms with E-state index in [0.717, 1.165) is 28.1 Å². The molecular weight excluding hydrogens is 324 g/mol. The summed E-state index contributed by atoms with van der Waals surface area (Å²) in [5, 5.41) is 0.926. The number of urea groups is 1. The summed E-state index contributed by atoms with van der Waals surface area (Å²) in [6.07, 6.45) is 1.60. The summed E-state index contributed by atoms with van der Waals surface area (Å²) in [4.78, 5) is 32.1. The zero-order valence-corrected chi connectivity index (χ0v) is 14.8. The van der Waals surface area contributed by atoms with Crippen molar-refractivity contribution >= 4 is 33.5 Å². The molecule has 0 spiro atoms. The molecule has 3 amide bonds. The predicted octanol–water partition coefficient (Wildman–Crippen LogP) is 2.61. The highest BCUT2D eigenvalue weighted by molar-refractivity contribution is 7.18. The molecule has 0 unspecified atom stereocenters. The predicted molar refractivity (Wildman–Crippen MR) is 94.7 cm³/mol. The number of para-hydroxylation sites is 1. The number of hydrogen-bond donors (Lipinski definition) is 1. The van der Waals surface area contributed by atoms with Crippen LogP contribution < -0.4 is 5.73 Å². The number of nitrogens with zero attached hydrogens (tertiary/aromatic N) is 3. The van der Waals surface area contributed by atoms with Crippen LogP contribution in [0.4, 0.5) is 4.79 Å². The second-order valence-corrected chi connectivity index (χ2v) is 7.33. The Morgan fingerprint density at radius 3 is 2.88 bits per heavy atom. The number of hydrogen-bond acceptors (Lipinski definition) is 4. The molecule has 1 aromatic heterocycles. The van der Waals surface area contributed by atoms with E-state index in [0.29, 0.717) is 13.1 Å². The Kier molecular flexibility index (Phi) is 4.71. The number of aromatic nitrogens is 1. The van der Waals surface area contributed by atoms with Gasteiger partial charge in [0.1, 0.15) is 5.01 Å². The van der Waals surface area contributed by atoms with Crippen LogP contribution in [0.25, 0.3) is 10.2 Å². The maximum Gasteiger partial charge on any atom is 0.314 e. The van der Waals surface area contributed by atoms with Crippen molar-refractivity contribution in [3.05, 3.63) is 29.3 Å². The van der Waals surface area contributed by atoms with Gasteiger partial charge in [0.25, 0.3) is 0 Å². The molecule has 0 aliphatic carbocycles. The van der Waals surface area contributed by atoms with Crippen LogP contribution in [0, 0.1) is 5.92 Å². The first-order valence-electron chi connectivity index (χ1n) is 8.14. The Hall–Kier alpha value is -2.15. The van der Waals surface area contributed by atoms with Gasteiger partial charge in [0, 0.05) is 20.1 Å². The van der Waals surface area contributed by atoms with Crippen molar-refractivity contribution in [1.29, 1.82) is 0 Å². The number of benzene rings is 1. The van der Waals surface area contributed by atoms with Crippen LogP contribution in [0.5, 0.6) is 0 Å². The van der Waals surface area contributed by atoms with Gasteiger partial charge in [0.15, 0.2) is 0 Å². The van der Waals surface area contributed by atoms with Crippen LogP contribution in [-0.4, -0.2) is 46.9 Å². The Morgan fingerprint density at radius 1 is 1.42 bits per heavy atom. The highest BCUT2D eigenvalue weighted by atomic mass is 32.1. The normalized spacial score (nSPS) is 19.2. The number of primary amides is 1. The number of carbonyl (C=O) groups is 2. The smallest absolute Gasteiger partial charge is 0.314 e. The lowest BCUT2D eigenvalue weighted by atomic mass is 9.96. The summed E-state index contributed by atoms with van der Waals surface area (Å²) in [6, 6.07) is 7.43. The van der Waals surface area contributed by atoms with Gasteiger partial charge in [-0.25, -0.2) is 9.78 Å². The zero-order valence-electron chi connectivity index (χ0n) is 13.9. The van der Waals surface area contributed by atoms with Gasteiger partial charge < -0.3 is 15.5 Å². The molecule has 1 aliphatic rings. The summed E-state index contributed by atoms with van der Waals surface area (Å²) in [6.45, 7) is 3.03. The summed E-state index contributed by atoms with van der Waals surface area (Å²) < 4.78 is 1.12. The number of rotatable bonds is 3. The molecule has 1 fully saturated rings. The zero-order chi connectivity index (χ0) is 17.3. The third-order valence-electron chi connectivity index (χ3n) is 4.68. The summed E-state index contributed by atoms with van der Waals surface area (Å²) >= 11 is 1.61. The molecule has 0 bridgehead atoms. The molecule has 6 nitrogen and oxygen atoms in total. The fourth-order valence-electron chi connectivity index (χ4n) is 3.09. The van der Waals surface area contributed by atoms with Gasteiger partial charge in [0.2, 0.25) is 5.91 Å². The molecule has 0 saturated carbocycles. The molecular formula is C17H22N4O2S. The van der Waals surface area contributed by atoms with E-state index in [2.05, 4.69) is 4.98 Å². The Balaban J connectivity index is 1.73. The standard InChI is InChI=1S/C17H22N4O2S/c1-11(15-19-13-7-3-4-8-14(13)24-15)20(2)16(22)12-6-5-9-21(10-12)17(18)23/h3-4,7-8,11-12H,5-6,9-10H2,1-2H3,(H2,18,23)/t11-,12-/m1/s1. The largest absolute Gasteiger partial charge is 0.351 e. The molecule has 1 aromatic carbocycles. The van der Waals surface area contributed by atoms with Crippen molar-refractivity contribution in [2.24, 2.45) is 11.7 Å². The van der Waals surface area contributed by atoms with E-state index in [1.807, 2.05) is 38.2 Å². The van der Waals surface area contributed by atoms with Crippen molar-refractivity contribution < 1.29 is 9.59 Å². The first kappa shape index (κ1) is 16.7. The SMILES string of the molecule is C[C@H](c1nc2ccccc2s1)N(C)C(=O)[C@@H]1CCCN(C(N)=O)C1. The van der Waals surface area contributed by atoms with Gasteiger partial charge in [-0.15, -0.1) is 11.3 Å². The molecule has 7 heteroatoms. The average Bonchev–Trinajstić information content (AvgIpc) is 3.04. The molecule has 3 rings (SSSR count). The maximum absolute atomic E-state index is 12.8. The monoisotopic (exact) mass is 346 g/mol. The number of thiazole rings is 1. The third kappa shape index (κ3) is 3.21. The van der Waals surface area contributed by atoms with Crippen molar-refractivity contribution in [1.82, 2.24) is 14.8 Å². The molecule has 0 radical (unpaired) electrons. The number of likely N-dealkylation sites (tertiary alicyclic amines) is 1. The molecule has 2 N–H and O–H groups in total. The fourth-order valence-corrected chi connectivity index (χ4v) is 4.15. The van der Waals surface area contributed by atoms with E-state index in [9.17, 15) is 9.59 Å². The van der Waals surface area contributed by atoms with Crippen molar-refractivity contribution in [2.75, 3.05) is 20.1 Å². The second-order valence-electron chi connectivity index (χ2n) is 6.27. The number of fused-ring (bicyclic) bond motifs is 1. The van der Waals surface area contributed by atoms with Crippen LogP contribution >= 0.6 is 11.3 Å². The van der Waals surface area contributed by atoms with Gasteiger partial charge >= 0.3 is 6.03 Å². The van der Waals surface area contributed by atoms with E-state index >= 15 is 0 Å². The summed E-state index contributed by atoms with van der Waals surface area (Å²) in [5.41, 5.74) is 6.31. The Labute approximate surface area is 145 Å². The van der Waals surface area contributed by atoms with Gasteiger partial charge in [0.05, 0.1) is 22.2 Å². The quantitative estimate of drug-likeness (QED) is 0.928. The average molecular weight is 346 g/mol. The lowest BCUT2D eigenvalue weighted by Crippen LogP contribution is -2.48. The first-order chi connectivity index (χ1) is 11.5. The lowest BCUT2D eigenvalue weighted by Gasteiger charge is -2.34. The number of carbonyl (C=O) groups excluding carboxylic acids is 2. The van der Waals surface area contributed by atoms with Crippen LogP contribution in [0.1, 0.15) is 30.8 Å². The highest BCUT2D eigenvalue weighted by Gasteiger charge is 2.31. The van der Waals surface area contributed by atoms with Gasteiger partial charge in [-0.1, -0.05) is 12.1 Å². The second kappa shape index (κ2) is 6.76. The Morgan fingerprint density at radius 2 is 2.17 bits per heavy atom. The number of piperidine rings is 1. The fraction of sp³-hybridized carbons (Fsp3) is 0.471. The van der Waals surface area contributed by atoms with Crippen LogP contribution in [0.2, 0.25) is 0 Å². The lowest BCUT2D eigenvalue weighted by molar-refractivity contribution is -0.137. The van der Waals surface area contributed by atoms with Crippen molar-refractivity contribution in [3.63, 3.8) is 0 Å². The summed E-state index contributed by atoms with van der Waals surface area (Å²) in [7, 11) is 1.81. The van der Waals surface area contributed by atoms with E-state index in [-0.39, 0.29) is 17.9 Å². The van der Waals surface area contributed by atoms with Crippen LogP contribution in [0.15, 0.2) is 24.3 Å². The van der Waals surface area contributed by atoms with E-state index < -0.39 is 6.03 Å². The molecule has 1 aliphatic heterocycles. The molecule has 2 heterocycles. The Bertz CT molecular complexity index is 727.